The van der Waals surface area contributed by atoms with Crippen LogP contribution in [0.4, 0.5) is 0 Å². The van der Waals surface area contributed by atoms with Gasteiger partial charge in [0, 0.05) is 61.0 Å². The van der Waals surface area contributed by atoms with Crippen molar-refractivity contribution in [2.45, 2.75) is 13.1 Å². The van der Waals surface area contributed by atoms with Crippen LogP contribution in [0, 0.1) is 14.9 Å². The molecule has 0 fully saturated rings. The molecule has 0 unspecified atom stereocenters. The molecular formula is C35H22Cl2IN7. The number of rotatable bonds is 4. The Kier molecular flexibility index (Phi) is 8.06. The Hall–Kier alpha value is -4.56. The molecule has 0 bridgehead atoms. The Morgan fingerprint density at radius 3 is 1.78 bits per heavy atom. The zero-order chi connectivity index (χ0) is 30.9. The number of aromatic nitrogens is 6. The predicted octanol–water partition coefficient (Wildman–Crippen LogP) is 9.05. The highest BCUT2D eigenvalue weighted by Crippen LogP contribution is 2.25. The predicted molar refractivity (Wildman–Crippen MR) is 189 cm³/mol. The fourth-order valence-electron chi connectivity index (χ4n) is 5.44. The van der Waals surface area contributed by atoms with Crippen LogP contribution in [0.2, 0.25) is 10.0 Å². The molecule has 6 aromatic heterocycles. The molecule has 2 aromatic carbocycles. The van der Waals surface area contributed by atoms with E-state index >= 15 is 0 Å². The number of fused-ring (bicyclic) bond motifs is 4. The van der Waals surface area contributed by atoms with E-state index in [-0.39, 0.29) is 0 Å². The SMILES string of the molecule is Clc1cnc2ccc(Cn3cc(I)c4ncccc43)cc2c1.N#Cc1cn(Cc2ccc3ncc(Cl)cc3c2)c2cccnc12. The Morgan fingerprint density at radius 1 is 0.667 bits per heavy atom. The maximum atomic E-state index is 9.26. The van der Waals surface area contributed by atoms with Crippen LogP contribution in [-0.2, 0) is 13.1 Å². The molecule has 0 N–H and O–H groups in total. The first-order valence-corrected chi connectivity index (χ1v) is 15.8. The van der Waals surface area contributed by atoms with E-state index in [0.29, 0.717) is 22.2 Å². The summed E-state index contributed by atoms with van der Waals surface area (Å²) in [7, 11) is 0. The highest BCUT2D eigenvalue weighted by molar-refractivity contribution is 14.1. The van der Waals surface area contributed by atoms with Crippen molar-refractivity contribution < 1.29 is 0 Å². The Morgan fingerprint density at radius 2 is 1.20 bits per heavy atom. The lowest BCUT2D eigenvalue weighted by Crippen LogP contribution is -1.98. The van der Waals surface area contributed by atoms with Crippen LogP contribution in [0.3, 0.4) is 0 Å². The first-order chi connectivity index (χ1) is 21.9. The molecule has 0 aliphatic rings. The zero-order valence-electron chi connectivity index (χ0n) is 23.6. The number of pyridine rings is 4. The van der Waals surface area contributed by atoms with Crippen LogP contribution in [0.1, 0.15) is 16.7 Å². The molecule has 0 spiro atoms. The fraction of sp³-hybridized carbons (Fsp3) is 0.0571. The third-order valence-electron chi connectivity index (χ3n) is 7.48. The van der Waals surface area contributed by atoms with Gasteiger partial charge in [-0.25, -0.2) is 0 Å². The van der Waals surface area contributed by atoms with Crippen molar-refractivity contribution in [1.82, 2.24) is 29.1 Å². The lowest BCUT2D eigenvalue weighted by molar-refractivity contribution is 0.836. The van der Waals surface area contributed by atoms with Crippen molar-refractivity contribution in [2.24, 2.45) is 0 Å². The van der Waals surface area contributed by atoms with Gasteiger partial charge < -0.3 is 9.13 Å². The van der Waals surface area contributed by atoms with Crippen molar-refractivity contribution in [3.05, 3.63) is 140 Å². The molecule has 0 atom stereocenters. The molecule has 7 nitrogen and oxygen atoms in total. The fourth-order valence-corrected chi connectivity index (χ4v) is 6.53. The molecule has 0 aliphatic heterocycles. The van der Waals surface area contributed by atoms with Crippen LogP contribution in [-0.4, -0.2) is 29.1 Å². The summed E-state index contributed by atoms with van der Waals surface area (Å²) in [6, 6.07) is 26.4. The molecule has 0 aliphatic carbocycles. The van der Waals surface area contributed by atoms with E-state index in [1.54, 1.807) is 18.6 Å². The van der Waals surface area contributed by atoms with Crippen LogP contribution in [0.15, 0.2) is 110 Å². The maximum Gasteiger partial charge on any atom is 0.106 e. The van der Waals surface area contributed by atoms with Crippen molar-refractivity contribution in [1.29, 1.82) is 5.26 Å². The van der Waals surface area contributed by atoms with E-state index in [1.807, 2.05) is 65.5 Å². The van der Waals surface area contributed by atoms with Gasteiger partial charge in [0.2, 0.25) is 0 Å². The second kappa shape index (κ2) is 12.4. The van der Waals surface area contributed by atoms with Gasteiger partial charge in [0.25, 0.3) is 0 Å². The summed E-state index contributed by atoms with van der Waals surface area (Å²) in [5.74, 6) is 0. The Balaban J connectivity index is 0.000000145. The first-order valence-electron chi connectivity index (χ1n) is 14.0. The number of hydrogen-bond donors (Lipinski definition) is 0. The van der Waals surface area contributed by atoms with E-state index in [4.69, 9.17) is 23.2 Å². The summed E-state index contributed by atoms with van der Waals surface area (Å²) >= 11 is 14.4. The van der Waals surface area contributed by atoms with Gasteiger partial charge >= 0.3 is 0 Å². The zero-order valence-corrected chi connectivity index (χ0v) is 27.2. The number of benzene rings is 2. The first kappa shape index (κ1) is 29.2. The topological polar surface area (TPSA) is 85.2 Å². The summed E-state index contributed by atoms with van der Waals surface area (Å²) in [5, 5.41) is 12.6. The molecular weight excluding hydrogens is 716 g/mol. The van der Waals surface area contributed by atoms with Crippen LogP contribution < -0.4 is 0 Å². The minimum Gasteiger partial charge on any atom is -0.341 e. The lowest BCUT2D eigenvalue weighted by atomic mass is 10.1. The van der Waals surface area contributed by atoms with Crippen molar-refractivity contribution >= 4 is 89.7 Å². The Bertz CT molecular complexity index is 2410. The van der Waals surface area contributed by atoms with E-state index < -0.39 is 0 Å². The van der Waals surface area contributed by atoms with Crippen molar-refractivity contribution in [2.75, 3.05) is 0 Å². The second-order valence-corrected chi connectivity index (χ2v) is 12.5. The van der Waals surface area contributed by atoms with E-state index in [2.05, 4.69) is 83.6 Å². The van der Waals surface area contributed by atoms with Gasteiger partial charge in [0.1, 0.15) is 17.1 Å². The van der Waals surface area contributed by atoms with E-state index in [0.717, 1.165) is 56.0 Å². The molecule has 0 saturated carbocycles. The van der Waals surface area contributed by atoms with Gasteiger partial charge in [0.15, 0.2) is 0 Å². The molecule has 0 saturated heterocycles. The molecule has 0 radical (unpaired) electrons. The van der Waals surface area contributed by atoms with Crippen molar-refractivity contribution in [3.63, 3.8) is 0 Å². The van der Waals surface area contributed by atoms with Crippen LogP contribution >= 0.6 is 45.8 Å². The van der Waals surface area contributed by atoms with Gasteiger partial charge in [-0.1, -0.05) is 35.3 Å². The number of nitriles is 1. The summed E-state index contributed by atoms with van der Waals surface area (Å²) in [5.41, 5.74) is 8.68. The van der Waals surface area contributed by atoms with Gasteiger partial charge in [-0.05, 0) is 94.4 Å². The highest BCUT2D eigenvalue weighted by atomic mass is 127. The smallest absolute Gasteiger partial charge is 0.106 e. The quantitative estimate of drug-likeness (QED) is 0.168. The molecule has 8 rings (SSSR count). The highest BCUT2D eigenvalue weighted by Gasteiger charge is 2.10. The molecule has 45 heavy (non-hydrogen) atoms. The minimum absolute atomic E-state index is 0.589. The standard InChI is InChI=1S/C18H11ClN4.C17H11ClIN3/c19-15-7-13-6-12(3-4-16(13)22-9-15)10-23-11-14(8-20)18-17(23)2-1-5-21-18;18-13-7-12-6-11(3-4-15(12)21-8-13)9-22-10-14(19)17-16(22)2-1-5-20-17/h1-7,9,11H,10H2;1-8,10H,9H2. The summed E-state index contributed by atoms with van der Waals surface area (Å²) in [6.07, 6.45) is 10.8. The van der Waals surface area contributed by atoms with Gasteiger partial charge in [-0.2, -0.15) is 5.26 Å². The van der Waals surface area contributed by atoms with Gasteiger partial charge in [-0.15, -0.1) is 0 Å². The van der Waals surface area contributed by atoms with Crippen LogP contribution in [0.25, 0.3) is 43.9 Å². The summed E-state index contributed by atoms with van der Waals surface area (Å²) in [6.45, 7) is 1.46. The lowest BCUT2D eigenvalue weighted by Gasteiger charge is -2.07. The summed E-state index contributed by atoms with van der Waals surface area (Å²) < 4.78 is 5.43. The van der Waals surface area contributed by atoms with Crippen LogP contribution in [0.5, 0.6) is 0 Å². The number of nitrogens with zero attached hydrogens (tertiary/aromatic N) is 7. The Labute approximate surface area is 281 Å². The van der Waals surface area contributed by atoms with Crippen molar-refractivity contribution in [3.8, 4) is 6.07 Å². The third-order valence-corrected chi connectivity index (χ3v) is 8.68. The van der Waals surface area contributed by atoms with Gasteiger partial charge in [-0.3, -0.25) is 19.9 Å². The molecule has 0 amide bonds. The normalized spacial score (nSPS) is 11.2. The molecule has 218 valence electrons. The number of halogens is 3. The molecule has 6 heterocycles. The minimum atomic E-state index is 0.589. The number of hydrogen-bond acceptors (Lipinski definition) is 5. The molecule has 8 aromatic rings. The van der Waals surface area contributed by atoms with E-state index in [1.165, 1.54) is 9.13 Å². The van der Waals surface area contributed by atoms with E-state index in [9.17, 15) is 5.26 Å². The van der Waals surface area contributed by atoms with Gasteiger partial charge in [0.05, 0.1) is 41.2 Å². The maximum absolute atomic E-state index is 9.26. The molecule has 10 heteroatoms. The third kappa shape index (κ3) is 6.07. The average Bonchev–Trinajstić information content (AvgIpc) is 3.57. The monoisotopic (exact) mass is 737 g/mol. The largest absolute Gasteiger partial charge is 0.341 e. The average molecular weight is 738 g/mol. The second-order valence-electron chi connectivity index (χ2n) is 10.5. The summed E-state index contributed by atoms with van der Waals surface area (Å²) in [4.78, 5) is 17.4.